The average molecular weight is 367 g/mol. The minimum absolute atomic E-state index is 0.109. The van der Waals surface area contributed by atoms with Crippen molar-refractivity contribution in [2.24, 2.45) is 0 Å². The van der Waals surface area contributed by atoms with Gasteiger partial charge in [-0.05, 0) is 59.3 Å². The molecule has 0 saturated carbocycles. The van der Waals surface area contributed by atoms with Crippen LogP contribution in [0.15, 0.2) is 18.2 Å². The molecular formula is C24H30O3. The van der Waals surface area contributed by atoms with Gasteiger partial charge in [0.15, 0.2) is 0 Å². The first-order valence-corrected chi connectivity index (χ1v) is 9.68. The number of esters is 1. The highest BCUT2D eigenvalue weighted by atomic mass is 16.7. The van der Waals surface area contributed by atoms with E-state index in [2.05, 4.69) is 52.8 Å². The molecule has 3 heteroatoms. The molecule has 0 spiro atoms. The van der Waals surface area contributed by atoms with Crippen LogP contribution >= 0.6 is 0 Å². The van der Waals surface area contributed by atoms with Crippen molar-refractivity contribution in [2.75, 3.05) is 7.11 Å². The van der Waals surface area contributed by atoms with Crippen molar-refractivity contribution in [3.8, 4) is 12.3 Å². The van der Waals surface area contributed by atoms with Crippen molar-refractivity contribution < 1.29 is 14.3 Å². The number of benzene rings is 1. The highest BCUT2D eigenvalue weighted by Crippen LogP contribution is 2.49. The third kappa shape index (κ3) is 3.21. The number of aryl methyl sites for hydroxylation is 1. The molecule has 144 valence electrons. The van der Waals surface area contributed by atoms with Gasteiger partial charge < -0.3 is 9.47 Å². The van der Waals surface area contributed by atoms with Crippen LogP contribution in [-0.4, -0.2) is 18.9 Å². The first-order chi connectivity index (χ1) is 12.6. The number of carbonyl (C=O) groups is 1. The van der Waals surface area contributed by atoms with Gasteiger partial charge in [-0.3, -0.25) is 0 Å². The molecule has 1 aromatic rings. The molecule has 0 saturated heterocycles. The van der Waals surface area contributed by atoms with E-state index in [9.17, 15) is 4.79 Å². The van der Waals surface area contributed by atoms with Crippen LogP contribution in [0, 0.1) is 19.3 Å². The van der Waals surface area contributed by atoms with Gasteiger partial charge in [0.2, 0.25) is 5.79 Å². The Kier molecular flexibility index (Phi) is 4.77. The number of terminal acetylenes is 1. The minimum Gasteiger partial charge on any atom is -0.419 e. The molecule has 2 aliphatic carbocycles. The van der Waals surface area contributed by atoms with E-state index in [1.54, 1.807) is 7.11 Å². The van der Waals surface area contributed by atoms with Crippen molar-refractivity contribution in [1.82, 2.24) is 0 Å². The maximum absolute atomic E-state index is 11.8. The fourth-order valence-corrected chi connectivity index (χ4v) is 4.56. The third-order valence-corrected chi connectivity index (χ3v) is 6.43. The second-order valence-corrected chi connectivity index (χ2v) is 9.13. The summed E-state index contributed by atoms with van der Waals surface area (Å²) < 4.78 is 11.3. The second-order valence-electron chi connectivity index (χ2n) is 9.13. The average Bonchev–Trinajstić information content (AvgIpc) is 3.02. The Morgan fingerprint density at radius 1 is 1.07 bits per heavy atom. The van der Waals surface area contributed by atoms with E-state index in [1.165, 1.54) is 23.1 Å². The summed E-state index contributed by atoms with van der Waals surface area (Å²) in [6.45, 7) is 11.4. The summed E-state index contributed by atoms with van der Waals surface area (Å²) in [4.78, 5) is 11.8. The van der Waals surface area contributed by atoms with Crippen molar-refractivity contribution >= 4 is 11.5 Å². The van der Waals surface area contributed by atoms with Gasteiger partial charge in [0.1, 0.15) is 0 Å². The van der Waals surface area contributed by atoms with Crippen LogP contribution in [0.1, 0.15) is 75.6 Å². The van der Waals surface area contributed by atoms with Gasteiger partial charge in [0.25, 0.3) is 0 Å². The molecule has 0 aliphatic heterocycles. The van der Waals surface area contributed by atoms with Crippen LogP contribution in [0.3, 0.4) is 0 Å². The number of allylic oxidation sites excluding steroid dienone is 1. The number of methoxy groups -OCH3 is 1. The first-order valence-electron chi connectivity index (χ1n) is 9.68. The van der Waals surface area contributed by atoms with Crippen LogP contribution in [-0.2, 0) is 25.1 Å². The molecule has 1 atom stereocenters. The zero-order chi connectivity index (χ0) is 20.0. The van der Waals surface area contributed by atoms with E-state index in [4.69, 9.17) is 15.9 Å². The molecule has 1 unspecified atom stereocenters. The van der Waals surface area contributed by atoms with Crippen molar-refractivity contribution in [3.63, 3.8) is 0 Å². The molecule has 0 N–H and O–H groups in total. The molecule has 3 nitrogen and oxygen atoms in total. The second kappa shape index (κ2) is 6.53. The molecule has 0 radical (unpaired) electrons. The molecule has 27 heavy (non-hydrogen) atoms. The Bertz CT molecular complexity index is 851. The largest absolute Gasteiger partial charge is 0.419 e. The number of hydrogen-bond donors (Lipinski definition) is 0. The number of ether oxygens (including phenoxy) is 2. The molecule has 2 aliphatic rings. The van der Waals surface area contributed by atoms with Gasteiger partial charge in [-0.2, -0.15) is 0 Å². The van der Waals surface area contributed by atoms with E-state index in [1.807, 2.05) is 5.92 Å². The Morgan fingerprint density at radius 3 is 2.22 bits per heavy atom. The summed E-state index contributed by atoms with van der Waals surface area (Å²) in [5.41, 5.74) is 6.23. The molecule has 0 bridgehead atoms. The third-order valence-electron chi connectivity index (χ3n) is 6.43. The zero-order valence-electron chi connectivity index (χ0n) is 17.4. The summed E-state index contributed by atoms with van der Waals surface area (Å²) >= 11 is 0. The number of hydrogen-bond acceptors (Lipinski definition) is 3. The molecular weight excluding hydrogens is 336 g/mol. The summed E-state index contributed by atoms with van der Waals surface area (Å²) in [5, 5.41) is 0. The lowest BCUT2D eigenvalue weighted by molar-refractivity contribution is -0.189. The van der Waals surface area contributed by atoms with Gasteiger partial charge in [-0.25, -0.2) is 4.79 Å². The Balaban J connectivity index is 2.15. The summed E-state index contributed by atoms with van der Waals surface area (Å²) in [6.07, 6.45) is 11.0. The van der Waals surface area contributed by atoms with Gasteiger partial charge in [0.05, 0.1) is 0 Å². The first kappa shape index (κ1) is 19.7. The van der Waals surface area contributed by atoms with E-state index in [-0.39, 0.29) is 10.8 Å². The Hall–Kier alpha value is -2.05. The molecule has 1 aromatic carbocycles. The zero-order valence-corrected chi connectivity index (χ0v) is 17.4. The van der Waals surface area contributed by atoms with E-state index >= 15 is 0 Å². The fourth-order valence-electron chi connectivity index (χ4n) is 4.56. The lowest BCUT2D eigenvalue weighted by atomic mass is 9.62. The van der Waals surface area contributed by atoms with Gasteiger partial charge >= 0.3 is 5.97 Å². The van der Waals surface area contributed by atoms with Crippen molar-refractivity contribution in [1.29, 1.82) is 0 Å². The highest BCUT2D eigenvalue weighted by Gasteiger charge is 2.44. The molecule has 0 heterocycles. The SMILES string of the molecule is C#CC(=O)OC1(OC)CCC=C1c1cc2c(cc1C)C(C)(C)CCC2(C)C. The van der Waals surface area contributed by atoms with E-state index in [0.29, 0.717) is 6.42 Å². The predicted octanol–water partition coefficient (Wildman–Crippen LogP) is 5.04. The molecule has 0 amide bonds. The van der Waals surface area contributed by atoms with Crippen LogP contribution in [0.4, 0.5) is 0 Å². The quantitative estimate of drug-likeness (QED) is 0.325. The highest BCUT2D eigenvalue weighted by molar-refractivity contribution is 5.90. The predicted molar refractivity (Wildman–Crippen MR) is 108 cm³/mol. The van der Waals surface area contributed by atoms with Gasteiger partial charge in [0, 0.05) is 25.0 Å². The summed E-state index contributed by atoms with van der Waals surface area (Å²) in [7, 11) is 1.57. The van der Waals surface area contributed by atoms with Gasteiger partial charge in [-0.15, -0.1) is 6.42 Å². The van der Waals surface area contributed by atoms with Crippen molar-refractivity contribution in [3.05, 3.63) is 40.5 Å². The normalized spacial score (nSPS) is 25.3. The fraction of sp³-hybridized carbons (Fsp3) is 0.542. The van der Waals surface area contributed by atoms with Crippen LogP contribution in [0.5, 0.6) is 0 Å². The standard InChI is InChI=1S/C24H30O3/c1-8-21(25)27-24(26-7)11-9-10-18(24)17-15-20-19(14-16(17)2)22(3,4)12-13-23(20,5)6/h1,10,14-15H,9,11-13H2,2-7H3. The van der Waals surface area contributed by atoms with Gasteiger partial charge in [-0.1, -0.05) is 45.9 Å². The lowest BCUT2D eigenvalue weighted by Crippen LogP contribution is -2.37. The lowest BCUT2D eigenvalue weighted by Gasteiger charge is -2.43. The monoisotopic (exact) mass is 366 g/mol. The van der Waals surface area contributed by atoms with Crippen molar-refractivity contribution in [2.45, 2.75) is 76.9 Å². The van der Waals surface area contributed by atoms with E-state index < -0.39 is 11.8 Å². The summed E-state index contributed by atoms with van der Waals surface area (Å²) in [5.74, 6) is 0.250. The summed E-state index contributed by atoms with van der Waals surface area (Å²) in [6, 6.07) is 4.61. The van der Waals surface area contributed by atoms with Crippen LogP contribution in [0.25, 0.3) is 5.57 Å². The maximum Gasteiger partial charge on any atom is 0.386 e. The number of carbonyl (C=O) groups excluding carboxylic acids is 1. The molecule has 0 aromatic heterocycles. The number of rotatable bonds is 3. The molecule has 3 rings (SSSR count). The molecule has 0 fully saturated rings. The maximum atomic E-state index is 11.8. The van der Waals surface area contributed by atoms with E-state index in [0.717, 1.165) is 24.0 Å². The minimum atomic E-state index is -1.10. The topological polar surface area (TPSA) is 35.5 Å². The number of fused-ring (bicyclic) bond motifs is 1. The van der Waals surface area contributed by atoms with Crippen LogP contribution in [0.2, 0.25) is 0 Å². The Morgan fingerprint density at radius 2 is 1.67 bits per heavy atom. The van der Waals surface area contributed by atoms with Crippen LogP contribution < -0.4 is 0 Å². The Labute approximate surface area is 163 Å². The smallest absolute Gasteiger partial charge is 0.386 e.